The molecule has 1 fully saturated rings. The highest BCUT2D eigenvalue weighted by molar-refractivity contribution is 7.99. The first-order valence-corrected chi connectivity index (χ1v) is 6.25. The van der Waals surface area contributed by atoms with Crippen molar-refractivity contribution >= 4 is 23.8 Å². The highest BCUT2D eigenvalue weighted by Gasteiger charge is 2.17. The lowest BCUT2D eigenvalue weighted by molar-refractivity contribution is -0.146. The zero-order valence-corrected chi connectivity index (χ0v) is 9.63. The van der Waals surface area contributed by atoms with Crippen molar-refractivity contribution in [1.29, 1.82) is 0 Å². The monoisotopic (exact) mass is 248 g/mol. The van der Waals surface area contributed by atoms with Crippen LogP contribution in [0.1, 0.15) is 6.42 Å². The maximum absolute atomic E-state index is 11.2. The summed E-state index contributed by atoms with van der Waals surface area (Å²) in [4.78, 5) is 21.4. The molecule has 7 heteroatoms. The van der Waals surface area contributed by atoms with Crippen molar-refractivity contribution in [3.63, 3.8) is 0 Å². The normalized spacial score (nSPS) is 21.4. The summed E-state index contributed by atoms with van der Waals surface area (Å²) in [5, 5.41) is 22.2. The number of aliphatic hydroxyl groups is 1. The molecule has 0 saturated carbocycles. The van der Waals surface area contributed by atoms with Gasteiger partial charge in [0.2, 0.25) is 0 Å². The van der Waals surface area contributed by atoms with Crippen LogP contribution in [0.2, 0.25) is 0 Å². The minimum absolute atomic E-state index is 0.277. The highest BCUT2D eigenvalue weighted by atomic mass is 32.2. The van der Waals surface area contributed by atoms with Crippen LogP contribution in [0.4, 0.5) is 4.79 Å². The summed E-state index contributed by atoms with van der Waals surface area (Å²) in [7, 11) is 0. The van der Waals surface area contributed by atoms with Crippen molar-refractivity contribution in [1.82, 2.24) is 10.6 Å². The van der Waals surface area contributed by atoms with Gasteiger partial charge in [-0.1, -0.05) is 0 Å². The Balaban J connectivity index is 2.08. The van der Waals surface area contributed by atoms with Gasteiger partial charge in [0.25, 0.3) is 0 Å². The molecule has 0 spiro atoms. The SMILES string of the molecule is O=C(NCC1CCSC1)NCC(O)C(=O)O. The molecule has 0 aromatic heterocycles. The summed E-state index contributed by atoms with van der Waals surface area (Å²) >= 11 is 1.87. The predicted octanol–water partition coefficient (Wildman–Crippen LogP) is -0.516. The van der Waals surface area contributed by atoms with Crippen LogP contribution >= 0.6 is 11.8 Å². The van der Waals surface area contributed by atoms with Gasteiger partial charge in [0, 0.05) is 6.54 Å². The Morgan fingerprint density at radius 2 is 2.19 bits per heavy atom. The lowest BCUT2D eigenvalue weighted by Gasteiger charge is -2.12. The maximum Gasteiger partial charge on any atom is 0.334 e. The van der Waals surface area contributed by atoms with Gasteiger partial charge in [0.05, 0.1) is 6.54 Å². The van der Waals surface area contributed by atoms with Gasteiger partial charge in [0.15, 0.2) is 6.10 Å². The van der Waals surface area contributed by atoms with E-state index in [2.05, 4.69) is 10.6 Å². The molecule has 1 heterocycles. The van der Waals surface area contributed by atoms with E-state index in [1.807, 2.05) is 11.8 Å². The summed E-state index contributed by atoms with van der Waals surface area (Å²) in [5.74, 6) is 1.34. The number of hydrogen-bond donors (Lipinski definition) is 4. The number of hydrogen-bond acceptors (Lipinski definition) is 4. The Morgan fingerprint density at radius 3 is 2.75 bits per heavy atom. The molecule has 2 atom stereocenters. The number of carbonyl (C=O) groups excluding carboxylic acids is 1. The van der Waals surface area contributed by atoms with E-state index in [1.54, 1.807) is 0 Å². The van der Waals surface area contributed by atoms with E-state index < -0.39 is 18.1 Å². The number of rotatable bonds is 5. The average Bonchev–Trinajstić information content (AvgIpc) is 2.75. The number of urea groups is 1. The predicted molar refractivity (Wildman–Crippen MR) is 60.5 cm³/mol. The van der Waals surface area contributed by atoms with Crippen LogP contribution in [0, 0.1) is 5.92 Å². The molecule has 1 aliphatic heterocycles. The third-order valence-corrected chi connectivity index (χ3v) is 3.55. The third kappa shape index (κ3) is 4.71. The molecule has 1 saturated heterocycles. The molecule has 4 N–H and O–H groups in total. The molecular formula is C9H16N2O4S. The highest BCUT2D eigenvalue weighted by Crippen LogP contribution is 2.22. The van der Waals surface area contributed by atoms with Gasteiger partial charge in [-0.15, -0.1) is 0 Å². The van der Waals surface area contributed by atoms with Gasteiger partial charge in [-0.05, 0) is 23.8 Å². The Morgan fingerprint density at radius 1 is 1.44 bits per heavy atom. The molecule has 0 bridgehead atoms. The van der Waals surface area contributed by atoms with Crippen molar-refractivity contribution < 1.29 is 19.8 Å². The second kappa shape index (κ2) is 6.59. The Bertz CT molecular complexity index is 256. The summed E-state index contributed by atoms with van der Waals surface area (Å²) < 4.78 is 0. The number of carboxylic acids is 1. The standard InChI is InChI=1S/C9H16N2O4S/c12-7(8(13)14)4-11-9(15)10-3-6-1-2-16-5-6/h6-7,12H,1-5H2,(H,13,14)(H2,10,11,15). The first kappa shape index (κ1) is 13.1. The second-order valence-corrected chi connectivity index (χ2v) is 4.82. The summed E-state index contributed by atoms with van der Waals surface area (Å²) in [6, 6.07) is -0.433. The van der Waals surface area contributed by atoms with E-state index in [4.69, 9.17) is 10.2 Å². The number of carbonyl (C=O) groups is 2. The van der Waals surface area contributed by atoms with Crippen LogP contribution in [0.25, 0.3) is 0 Å². The van der Waals surface area contributed by atoms with Crippen molar-refractivity contribution in [2.45, 2.75) is 12.5 Å². The smallest absolute Gasteiger partial charge is 0.334 e. The first-order valence-electron chi connectivity index (χ1n) is 5.10. The molecule has 0 radical (unpaired) electrons. The van der Waals surface area contributed by atoms with Gasteiger partial charge in [-0.25, -0.2) is 9.59 Å². The van der Waals surface area contributed by atoms with E-state index in [-0.39, 0.29) is 6.54 Å². The fraction of sp³-hybridized carbons (Fsp3) is 0.778. The van der Waals surface area contributed by atoms with Crippen LogP contribution in [-0.4, -0.2) is 52.9 Å². The minimum Gasteiger partial charge on any atom is -0.479 e. The summed E-state index contributed by atoms with van der Waals surface area (Å²) in [6.45, 7) is 0.322. The van der Waals surface area contributed by atoms with Crippen LogP contribution in [-0.2, 0) is 4.79 Å². The van der Waals surface area contributed by atoms with Crippen molar-refractivity contribution in [3.05, 3.63) is 0 Å². The Kier molecular flexibility index (Phi) is 5.41. The molecular weight excluding hydrogens is 232 g/mol. The lowest BCUT2D eigenvalue weighted by atomic mass is 10.1. The third-order valence-electron chi connectivity index (χ3n) is 2.32. The first-order chi connectivity index (χ1) is 7.59. The fourth-order valence-electron chi connectivity index (χ4n) is 1.32. The number of aliphatic carboxylic acids is 1. The van der Waals surface area contributed by atoms with E-state index in [1.165, 1.54) is 0 Å². The molecule has 0 aromatic rings. The van der Waals surface area contributed by atoms with E-state index in [9.17, 15) is 9.59 Å². The van der Waals surface area contributed by atoms with Gasteiger partial charge in [-0.3, -0.25) is 0 Å². The molecule has 0 aromatic carbocycles. The average molecular weight is 248 g/mol. The summed E-state index contributed by atoms with van der Waals surface area (Å²) in [5.41, 5.74) is 0. The molecule has 2 unspecified atom stereocenters. The number of nitrogens with one attached hydrogen (secondary N) is 2. The fourth-order valence-corrected chi connectivity index (χ4v) is 2.61. The zero-order chi connectivity index (χ0) is 12.0. The maximum atomic E-state index is 11.2. The van der Waals surface area contributed by atoms with Crippen LogP contribution in [0.5, 0.6) is 0 Å². The molecule has 0 aliphatic carbocycles. The Hall–Kier alpha value is -0.950. The largest absolute Gasteiger partial charge is 0.479 e. The van der Waals surface area contributed by atoms with E-state index in [0.717, 1.165) is 17.9 Å². The topological polar surface area (TPSA) is 98.7 Å². The minimum atomic E-state index is -1.55. The lowest BCUT2D eigenvalue weighted by Crippen LogP contribution is -2.43. The number of amides is 2. The van der Waals surface area contributed by atoms with Crippen LogP contribution in [0.3, 0.4) is 0 Å². The van der Waals surface area contributed by atoms with Crippen molar-refractivity contribution in [2.24, 2.45) is 5.92 Å². The Labute approximate surface area is 97.8 Å². The van der Waals surface area contributed by atoms with Crippen molar-refractivity contribution in [2.75, 3.05) is 24.6 Å². The number of aliphatic hydroxyl groups excluding tert-OH is 1. The van der Waals surface area contributed by atoms with Gasteiger partial charge < -0.3 is 20.8 Å². The zero-order valence-electron chi connectivity index (χ0n) is 8.81. The quantitative estimate of drug-likeness (QED) is 0.525. The van der Waals surface area contributed by atoms with Gasteiger partial charge in [0.1, 0.15) is 0 Å². The van der Waals surface area contributed by atoms with E-state index in [0.29, 0.717) is 12.5 Å². The van der Waals surface area contributed by atoms with Crippen LogP contribution < -0.4 is 10.6 Å². The number of thioether (sulfide) groups is 1. The van der Waals surface area contributed by atoms with E-state index >= 15 is 0 Å². The molecule has 1 rings (SSSR count). The molecule has 16 heavy (non-hydrogen) atoms. The molecule has 92 valence electrons. The number of carboxylic acid groups (broad SMARTS) is 1. The van der Waals surface area contributed by atoms with Crippen LogP contribution in [0.15, 0.2) is 0 Å². The van der Waals surface area contributed by atoms with Crippen molar-refractivity contribution in [3.8, 4) is 0 Å². The van der Waals surface area contributed by atoms with Gasteiger partial charge in [-0.2, -0.15) is 11.8 Å². The molecule has 6 nitrogen and oxygen atoms in total. The van der Waals surface area contributed by atoms with Gasteiger partial charge >= 0.3 is 12.0 Å². The summed E-state index contributed by atoms with van der Waals surface area (Å²) in [6.07, 6.45) is -0.448. The second-order valence-electron chi connectivity index (χ2n) is 3.67. The molecule has 1 aliphatic rings. The molecule has 2 amide bonds.